The fourth-order valence-electron chi connectivity index (χ4n) is 5.07. The summed E-state index contributed by atoms with van der Waals surface area (Å²) in [6.45, 7) is 0.999. The van der Waals surface area contributed by atoms with Crippen LogP contribution < -0.4 is 9.47 Å². The standard InChI is InChI=1S/C30H32F4O2/c1-3-20-4-6-21(7-5-20)8-9-22-10-12-23(13-11-22)26-18-27(31)28(32)29(19(26)2)35-24-14-16-25(17-15-24)36-30(33)34/h10-18,20-21,30H,3-9H2,1-2H3/t20-,21-. The lowest BCUT2D eigenvalue weighted by molar-refractivity contribution is -0.0498. The highest BCUT2D eigenvalue weighted by Gasteiger charge is 2.21. The molecule has 36 heavy (non-hydrogen) atoms. The van der Waals surface area contributed by atoms with Gasteiger partial charge in [-0.2, -0.15) is 13.2 Å². The highest BCUT2D eigenvalue weighted by Crippen LogP contribution is 2.38. The first-order chi connectivity index (χ1) is 17.3. The van der Waals surface area contributed by atoms with Gasteiger partial charge in [0.1, 0.15) is 11.5 Å². The van der Waals surface area contributed by atoms with E-state index in [1.54, 1.807) is 6.92 Å². The highest BCUT2D eigenvalue weighted by atomic mass is 19.3. The minimum Gasteiger partial charge on any atom is -0.454 e. The molecule has 2 nitrogen and oxygen atoms in total. The molecule has 0 bridgehead atoms. The Kier molecular flexibility index (Phi) is 8.55. The topological polar surface area (TPSA) is 18.5 Å². The summed E-state index contributed by atoms with van der Waals surface area (Å²) in [4.78, 5) is 0. The fraction of sp³-hybridized carbons (Fsp3) is 0.400. The van der Waals surface area contributed by atoms with E-state index in [0.29, 0.717) is 11.1 Å². The van der Waals surface area contributed by atoms with Crippen molar-refractivity contribution < 1.29 is 27.0 Å². The van der Waals surface area contributed by atoms with Gasteiger partial charge in [0.05, 0.1) is 0 Å². The summed E-state index contributed by atoms with van der Waals surface area (Å²) in [5.74, 6) is -0.543. The number of hydrogen-bond acceptors (Lipinski definition) is 2. The number of halogens is 4. The third kappa shape index (κ3) is 6.40. The van der Waals surface area contributed by atoms with Crippen LogP contribution in [0.2, 0.25) is 0 Å². The SMILES string of the molecule is CC[C@H]1CC[C@H](CCc2ccc(-c3cc(F)c(F)c(Oc4ccc(OC(F)F)cc4)c3C)cc2)CC1. The van der Waals surface area contributed by atoms with Crippen molar-refractivity contribution >= 4 is 0 Å². The predicted octanol–water partition coefficient (Wildman–Crippen LogP) is 9.48. The van der Waals surface area contributed by atoms with E-state index in [0.717, 1.165) is 23.8 Å². The van der Waals surface area contributed by atoms with Crippen molar-refractivity contribution in [3.05, 3.63) is 77.4 Å². The minimum absolute atomic E-state index is 0.0526. The lowest BCUT2D eigenvalue weighted by Gasteiger charge is -2.27. The number of benzene rings is 3. The lowest BCUT2D eigenvalue weighted by Crippen LogP contribution is -2.14. The first kappa shape index (κ1) is 26.1. The van der Waals surface area contributed by atoms with Gasteiger partial charge in [-0.1, -0.05) is 63.3 Å². The second-order valence-electron chi connectivity index (χ2n) is 9.66. The minimum atomic E-state index is -2.95. The molecule has 0 saturated heterocycles. The van der Waals surface area contributed by atoms with E-state index in [-0.39, 0.29) is 17.2 Å². The molecule has 1 saturated carbocycles. The number of rotatable bonds is 9. The van der Waals surface area contributed by atoms with Gasteiger partial charge >= 0.3 is 6.61 Å². The number of ether oxygens (including phenoxy) is 2. The molecule has 192 valence electrons. The van der Waals surface area contributed by atoms with E-state index in [9.17, 15) is 17.6 Å². The van der Waals surface area contributed by atoms with Crippen LogP contribution in [0, 0.1) is 30.4 Å². The smallest absolute Gasteiger partial charge is 0.387 e. The van der Waals surface area contributed by atoms with Crippen LogP contribution in [-0.4, -0.2) is 6.61 Å². The van der Waals surface area contributed by atoms with E-state index in [1.165, 1.54) is 74.4 Å². The Labute approximate surface area is 210 Å². The molecule has 0 aliphatic heterocycles. The fourth-order valence-corrected chi connectivity index (χ4v) is 5.07. The van der Waals surface area contributed by atoms with Crippen molar-refractivity contribution in [3.8, 4) is 28.4 Å². The van der Waals surface area contributed by atoms with E-state index in [4.69, 9.17) is 4.74 Å². The normalized spacial score (nSPS) is 17.9. The number of alkyl halides is 2. The van der Waals surface area contributed by atoms with Gasteiger partial charge in [-0.3, -0.25) is 0 Å². The zero-order valence-electron chi connectivity index (χ0n) is 20.7. The quantitative estimate of drug-likeness (QED) is 0.272. The maximum Gasteiger partial charge on any atom is 0.387 e. The van der Waals surface area contributed by atoms with Crippen LogP contribution >= 0.6 is 0 Å². The van der Waals surface area contributed by atoms with Crippen molar-refractivity contribution in [2.75, 3.05) is 0 Å². The summed E-state index contributed by atoms with van der Waals surface area (Å²) in [5, 5.41) is 0. The van der Waals surface area contributed by atoms with E-state index >= 15 is 0 Å². The Morgan fingerprint density at radius 3 is 2.08 bits per heavy atom. The Morgan fingerprint density at radius 1 is 0.861 bits per heavy atom. The number of hydrogen-bond donors (Lipinski definition) is 0. The molecule has 6 heteroatoms. The molecular formula is C30H32F4O2. The monoisotopic (exact) mass is 500 g/mol. The van der Waals surface area contributed by atoms with Crippen LogP contribution in [0.4, 0.5) is 17.6 Å². The second kappa shape index (κ2) is 11.8. The molecule has 1 aliphatic rings. The largest absolute Gasteiger partial charge is 0.454 e. The van der Waals surface area contributed by atoms with Gasteiger partial charge in [-0.15, -0.1) is 0 Å². The van der Waals surface area contributed by atoms with Crippen molar-refractivity contribution in [2.45, 2.75) is 65.4 Å². The van der Waals surface area contributed by atoms with Gasteiger partial charge in [0.2, 0.25) is 5.82 Å². The molecule has 1 aliphatic carbocycles. The van der Waals surface area contributed by atoms with Crippen LogP contribution in [0.1, 0.15) is 56.6 Å². The summed E-state index contributed by atoms with van der Waals surface area (Å²) in [6, 6.07) is 14.4. The Bertz CT molecular complexity index is 1140. The lowest BCUT2D eigenvalue weighted by atomic mass is 9.78. The van der Waals surface area contributed by atoms with E-state index in [1.807, 2.05) is 12.1 Å². The molecule has 0 atom stereocenters. The predicted molar refractivity (Wildman–Crippen MR) is 134 cm³/mol. The average molecular weight is 501 g/mol. The van der Waals surface area contributed by atoms with Gasteiger partial charge in [-0.05, 0) is 78.6 Å². The Balaban J connectivity index is 1.46. The zero-order valence-corrected chi connectivity index (χ0v) is 20.7. The zero-order chi connectivity index (χ0) is 25.7. The highest BCUT2D eigenvalue weighted by molar-refractivity contribution is 5.70. The van der Waals surface area contributed by atoms with Crippen LogP contribution in [0.15, 0.2) is 54.6 Å². The molecule has 3 aromatic carbocycles. The molecule has 0 spiro atoms. The number of aryl methyl sites for hydroxylation is 1. The molecule has 4 rings (SSSR count). The van der Waals surface area contributed by atoms with Gasteiger partial charge in [0.25, 0.3) is 0 Å². The Morgan fingerprint density at radius 2 is 1.47 bits per heavy atom. The molecule has 0 heterocycles. The van der Waals surface area contributed by atoms with Gasteiger partial charge in [0, 0.05) is 5.56 Å². The first-order valence-electron chi connectivity index (χ1n) is 12.6. The van der Waals surface area contributed by atoms with Crippen LogP contribution in [0.5, 0.6) is 17.2 Å². The third-order valence-corrected chi connectivity index (χ3v) is 7.34. The van der Waals surface area contributed by atoms with E-state index in [2.05, 4.69) is 23.8 Å². The van der Waals surface area contributed by atoms with Crippen LogP contribution in [-0.2, 0) is 6.42 Å². The van der Waals surface area contributed by atoms with Crippen molar-refractivity contribution in [1.82, 2.24) is 0 Å². The molecule has 1 fully saturated rings. The van der Waals surface area contributed by atoms with Gasteiger partial charge in [0.15, 0.2) is 11.6 Å². The Hall–Kier alpha value is -3.02. The summed E-state index contributed by atoms with van der Waals surface area (Å²) in [6.07, 6.45) is 8.79. The van der Waals surface area contributed by atoms with Crippen molar-refractivity contribution in [2.24, 2.45) is 11.8 Å². The van der Waals surface area contributed by atoms with Crippen molar-refractivity contribution in [1.29, 1.82) is 0 Å². The molecule has 0 unspecified atom stereocenters. The molecular weight excluding hydrogens is 468 g/mol. The summed E-state index contributed by atoms with van der Waals surface area (Å²) < 4.78 is 63.8. The van der Waals surface area contributed by atoms with Gasteiger partial charge in [-0.25, -0.2) is 4.39 Å². The van der Waals surface area contributed by atoms with Gasteiger partial charge < -0.3 is 9.47 Å². The second-order valence-corrected chi connectivity index (χ2v) is 9.66. The first-order valence-corrected chi connectivity index (χ1v) is 12.6. The molecule has 0 radical (unpaired) electrons. The molecule has 3 aromatic rings. The average Bonchev–Trinajstić information content (AvgIpc) is 2.89. The maximum absolute atomic E-state index is 14.7. The molecule has 0 amide bonds. The summed E-state index contributed by atoms with van der Waals surface area (Å²) >= 11 is 0. The van der Waals surface area contributed by atoms with Crippen LogP contribution in [0.3, 0.4) is 0 Å². The summed E-state index contributed by atoms with van der Waals surface area (Å²) in [7, 11) is 0. The van der Waals surface area contributed by atoms with E-state index < -0.39 is 18.2 Å². The third-order valence-electron chi connectivity index (χ3n) is 7.34. The van der Waals surface area contributed by atoms with Crippen LogP contribution in [0.25, 0.3) is 11.1 Å². The molecule has 0 N–H and O–H groups in total. The van der Waals surface area contributed by atoms with Crippen molar-refractivity contribution in [3.63, 3.8) is 0 Å². The summed E-state index contributed by atoms with van der Waals surface area (Å²) in [5.41, 5.74) is 2.98. The maximum atomic E-state index is 14.7. The molecule has 0 aromatic heterocycles.